The first-order valence-corrected chi connectivity index (χ1v) is 8.04. The minimum atomic E-state index is 0.248. The molecule has 2 heterocycles. The van der Waals surface area contributed by atoms with Gasteiger partial charge in [-0.3, -0.25) is 4.90 Å². The SMILES string of the molecule is Cc1cc(CN2C[C@@H](N)[C@H](c3ccccc3)C2)c(C)s1. The van der Waals surface area contributed by atoms with Crippen molar-refractivity contribution in [2.24, 2.45) is 5.73 Å². The summed E-state index contributed by atoms with van der Waals surface area (Å²) in [6, 6.07) is 13.3. The second-order valence-electron chi connectivity index (χ2n) is 5.81. The maximum atomic E-state index is 6.36. The van der Waals surface area contributed by atoms with Crippen LogP contribution in [0.1, 0.15) is 26.8 Å². The Bertz CT molecular complexity index is 576. The first kappa shape index (κ1) is 13.8. The molecule has 1 saturated heterocycles. The smallest absolute Gasteiger partial charge is 0.0250 e. The first-order chi connectivity index (χ1) is 9.63. The van der Waals surface area contributed by atoms with Crippen LogP contribution in [0.15, 0.2) is 36.4 Å². The molecule has 0 unspecified atom stereocenters. The van der Waals surface area contributed by atoms with Crippen molar-refractivity contribution in [3.05, 3.63) is 57.3 Å². The number of nitrogens with zero attached hydrogens (tertiary/aromatic N) is 1. The van der Waals surface area contributed by atoms with Crippen molar-refractivity contribution in [2.75, 3.05) is 13.1 Å². The van der Waals surface area contributed by atoms with Crippen LogP contribution < -0.4 is 5.73 Å². The van der Waals surface area contributed by atoms with E-state index in [1.165, 1.54) is 20.9 Å². The Balaban J connectivity index is 1.71. The van der Waals surface area contributed by atoms with Crippen LogP contribution in [0.5, 0.6) is 0 Å². The number of thiophene rings is 1. The highest BCUT2D eigenvalue weighted by atomic mass is 32.1. The number of hydrogen-bond donors (Lipinski definition) is 1. The van der Waals surface area contributed by atoms with Gasteiger partial charge in [0.05, 0.1) is 0 Å². The van der Waals surface area contributed by atoms with Crippen molar-refractivity contribution in [1.29, 1.82) is 0 Å². The van der Waals surface area contributed by atoms with Gasteiger partial charge in [0.1, 0.15) is 0 Å². The number of likely N-dealkylation sites (tertiary alicyclic amines) is 1. The standard InChI is InChI=1S/C17H22N2S/c1-12-8-15(13(2)20-12)9-19-10-16(17(18)11-19)14-6-4-3-5-7-14/h3-8,16-17H,9-11,18H2,1-2H3/t16-,17+/m0/s1. The molecule has 2 N–H and O–H groups in total. The first-order valence-electron chi connectivity index (χ1n) is 7.22. The fourth-order valence-electron chi connectivity index (χ4n) is 3.18. The maximum absolute atomic E-state index is 6.36. The lowest BCUT2D eigenvalue weighted by atomic mass is 9.95. The Kier molecular flexibility index (Phi) is 3.92. The molecule has 1 aromatic carbocycles. The quantitative estimate of drug-likeness (QED) is 0.938. The molecule has 2 aromatic rings. The van der Waals surface area contributed by atoms with Crippen molar-refractivity contribution in [2.45, 2.75) is 32.4 Å². The van der Waals surface area contributed by atoms with Gasteiger partial charge in [0.25, 0.3) is 0 Å². The van der Waals surface area contributed by atoms with Gasteiger partial charge in [-0.25, -0.2) is 0 Å². The molecular formula is C17H22N2S. The maximum Gasteiger partial charge on any atom is 0.0250 e. The van der Waals surface area contributed by atoms with Gasteiger partial charge in [0, 0.05) is 41.3 Å². The van der Waals surface area contributed by atoms with Gasteiger partial charge >= 0.3 is 0 Å². The zero-order valence-corrected chi connectivity index (χ0v) is 13.0. The molecule has 1 fully saturated rings. The molecule has 1 aromatic heterocycles. The van der Waals surface area contributed by atoms with Crippen LogP contribution in [0.25, 0.3) is 0 Å². The third-order valence-corrected chi connectivity index (χ3v) is 5.21. The van der Waals surface area contributed by atoms with E-state index in [4.69, 9.17) is 5.73 Å². The number of benzene rings is 1. The van der Waals surface area contributed by atoms with E-state index < -0.39 is 0 Å². The third kappa shape index (κ3) is 2.80. The number of rotatable bonds is 3. The van der Waals surface area contributed by atoms with E-state index in [0.29, 0.717) is 5.92 Å². The molecule has 0 bridgehead atoms. The average Bonchev–Trinajstić information content (AvgIpc) is 2.94. The normalized spacial score (nSPS) is 23.4. The van der Waals surface area contributed by atoms with E-state index in [1.807, 2.05) is 11.3 Å². The molecule has 0 amide bonds. The van der Waals surface area contributed by atoms with Gasteiger partial charge in [-0.1, -0.05) is 30.3 Å². The predicted octanol–water partition coefficient (Wildman–Crippen LogP) is 3.29. The van der Waals surface area contributed by atoms with E-state index >= 15 is 0 Å². The fraction of sp³-hybridized carbons (Fsp3) is 0.412. The second kappa shape index (κ2) is 5.68. The third-order valence-electron chi connectivity index (χ3n) is 4.21. The molecule has 0 aliphatic carbocycles. The Morgan fingerprint density at radius 1 is 1.20 bits per heavy atom. The minimum Gasteiger partial charge on any atom is -0.326 e. The van der Waals surface area contributed by atoms with Gasteiger partial charge < -0.3 is 5.73 Å². The molecule has 1 aliphatic rings. The summed E-state index contributed by atoms with van der Waals surface area (Å²) in [6.45, 7) is 7.50. The van der Waals surface area contributed by atoms with Crippen molar-refractivity contribution < 1.29 is 0 Å². The summed E-state index contributed by atoms with van der Waals surface area (Å²) >= 11 is 1.89. The number of nitrogens with two attached hydrogens (primary N) is 1. The minimum absolute atomic E-state index is 0.248. The fourth-order valence-corrected chi connectivity index (χ4v) is 4.12. The predicted molar refractivity (Wildman–Crippen MR) is 86.2 cm³/mol. The van der Waals surface area contributed by atoms with Crippen LogP contribution in [-0.4, -0.2) is 24.0 Å². The molecule has 0 spiro atoms. The number of hydrogen-bond acceptors (Lipinski definition) is 3. The lowest BCUT2D eigenvalue weighted by molar-refractivity contribution is 0.323. The Morgan fingerprint density at radius 3 is 2.60 bits per heavy atom. The zero-order chi connectivity index (χ0) is 14.1. The lowest BCUT2D eigenvalue weighted by Crippen LogP contribution is -2.28. The molecule has 2 atom stereocenters. The zero-order valence-electron chi connectivity index (χ0n) is 12.2. The van der Waals surface area contributed by atoms with Crippen LogP contribution in [0.2, 0.25) is 0 Å². The summed E-state index contributed by atoms with van der Waals surface area (Å²) in [4.78, 5) is 5.34. The van der Waals surface area contributed by atoms with Crippen molar-refractivity contribution in [3.63, 3.8) is 0 Å². The molecule has 1 aliphatic heterocycles. The lowest BCUT2D eigenvalue weighted by Gasteiger charge is -2.16. The summed E-state index contributed by atoms with van der Waals surface area (Å²) in [5.41, 5.74) is 9.20. The highest BCUT2D eigenvalue weighted by Crippen LogP contribution is 2.29. The van der Waals surface area contributed by atoms with Gasteiger partial charge in [-0.2, -0.15) is 0 Å². The topological polar surface area (TPSA) is 29.3 Å². The van der Waals surface area contributed by atoms with E-state index in [0.717, 1.165) is 19.6 Å². The van der Waals surface area contributed by atoms with Crippen LogP contribution in [0, 0.1) is 13.8 Å². The van der Waals surface area contributed by atoms with Gasteiger partial charge in [-0.05, 0) is 31.0 Å². The largest absolute Gasteiger partial charge is 0.326 e. The van der Waals surface area contributed by atoms with Gasteiger partial charge in [0.15, 0.2) is 0 Å². The molecule has 0 saturated carbocycles. The van der Waals surface area contributed by atoms with E-state index in [-0.39, 0.29) is 6.04 Å². The summed E-state index contributed by atoms with van der Waals surface area (Å²) in [5.74, 6) is 0.469. The monoisotopic (exact) mass is 286 g/mol. The van der Waals surface area contributed by atoms with E-state index in [1.54, 1.807) is 0 Å². The van der Waals surface area contributed by atoms with Crippen LogP contribution in [0.4, 0.5) is 0 Å². The molecule has 3 rings (SSSR count). The average molecular weight is 286 g/mol. The highest BCUT2D eigenvalue weighted by molar-refractivity contribution is 7.12. The molecule has 2 nitrogen and oxygen atoms in total. The van der Waals surface area contributed by atoms with Gasteiger partial charge in [-0.15, -0.1) is 11.3 Å². The van der Waals surface area contributed by atoms with Crippen LogP contribution in [0.3, 0.4) is 0 Å². The highest BCUT2D eigenvalue weighted by Gasteiger charge is 2.31. The van der Waals surface area contributed by atoms with Crippen molar-refractivity contribution in [1.82, 2.24) is 4.90 Å². The molecule has 20 heavy (non-hydrogen) atoms. The molecule has 0 radical (unpaired) electrons. The summed E-state index contributed by atoms with van der Waals surface area (Å²) in [7, 11) is 0. The summed E-state index contributed by atoms with van der Waals surface area (Å²) in [6.07, 6.45) is 0. The summed E-state index contributed by atoms with van der Waals surface area (Å²) in [5, 5.41) is 0. The van der Waals surface area contributed by atoms with Crippen LogP contribution in [-0.2, 0) is 6.54 Å². The van der Waals surface area contributed by atoms with Crippen LogP contribution >= 0.6 is 11.3 Å². The summed E-state index contributed by atoms with van der Waals surface area (Å²) < 4.78 is 0. The van der Waals surface area contributed by atoms with Gasteiger partial charge in [0.2, 0.25) is 0 Å². The van der Waals surface area contributed by atoms with Crippen molar-refractivity contribution in [3.8, 4) is 0 Å². The molecular weight excluding hydrogens is 264 g/mol. The molecule has 106 valence electrons. The Hall–Kier alpha value is -1.16. The Morgan fingerprint density at radius 2 is 1.95 bits per heavy atom. The van der Waals surface area contributed by atoms with E-state index in [2.05, 4.69) is 55.1 Å². The number of aryl methyl sites for hydroxylation is 2. The van der Waals surface area contributed by atoms with Crippen molar-refractivity contribution >= 4 is 11.3 Å². The Labute approximate surface area is 125 Å². The molecule has 3 heteroatoms. The second-order valence-corrected chi connectivity index (χ2v) is 7.27. The van der Waals surface area contributed by atoms with E-state index in [9.17, 15) is 0 Å².